The highest BCUT2D eigenvalue weighted by Gasteiger charge is 2.19. The van der Waals surface area contributed by atoms with Gasteiger partial charge in [0.2, 0.25) is 5.91 Å². The molecule has 0 radical (unpaired) electrons. The Morgan fingerprint density at radius 3 is 2.76 bits per heavy atom. The van der Waals surface area contributed by atoms with Crippen LogP contribution in [-0.2, 0) is 9.53 Å². The van der Waals surface area contributed by atoms with Crippen molar-refractivity contribution >= 4 is 51.5 Å². The molecule has 4 aromatic rings. The van der Waals surface area contributed by atoms with Gasteiger partial charge >= 0.3 is 6.09 Å². The van der Waals surface area contributed by atoms with Crippen LogP contribution in [0, 0.1) is 0 Å². The fraction of sp³-hybridized carbons (Fsp3) is 0.231. The van der Waals surface area contributed by atoms with E-state index in [0.717, 1.165) is 25.9 Å². The van der Waals surface area contributed by atoms with E-state index in [1.807, 2.05) is 61.5 Å². The van der Waals surface area contributed by atoms with Crippen LogP contribution in [0.2, 0.25) is 0 Å². The van der Waals surface area contributed by atoms with Crippen LogP contribution in [-0.4, -0.2) is 36.4 Å². The van der Waals surface area contributed by atoms with E-state index in [9.17, 15) is 9.59 Å². The average molecular weight is 539 g/mol. The minimum absolute atomic E-state index is 0.0119. The van der Waals surface area contributed by atoms with Gasteiger partial charge in [-0.3, -0.25) is 4.79 Å². The highest BCUT2D eigenvalue weighted by Crippen LogP contribution is 2.36. The molecule has 2 aromatic heterocycles. The number of nitrogens with zero attached hydrogens (tertiary/aromatic N) is 2. The zero-order chi connectivity index (χ0) is 26.0. The molecule has 0 spiro atoms. The van der Waals surface area contributed by atoms with Crippen molar-refractivity contribution < 1.29 is 23.5 Å². The van der Waals surface area contributed by atoms with Gasteiger partial charge in [0.05, 0.1) is 42.1 Å². The lowest BCUT2D eigenvalue weighted by Gasteiger charge is -2.17. The molecule has 4 rings (SSSR count). The van der Waals surface area contributed by atoms with Crippen LogP contribution in [0.15, 0.2) is 79.6 Å². The standard InChI is InChI=1S/C26H26N4O5S2/c1-3-33-18-10-12-20-22(14-18)36-26(29-20)37-24-13-11-19(35-24)16-27-30-23(31)15-21(28-25(32)34-4-2)17-8-6-5-7-9-17/h5-14,16,21H,3-4,15H2,1-2H3,(H,28,32)(H,30,31)/b27-16-/t21-/m0/s1. The molecule has 9 nitrogen and oxygen atoms in total. The number of hydrogen-bond acceptors (Lipinski definition) is 9. The molecule has 2 amide bonds. The summed E-state index contributed by atoms with van der Waals surface area (Å²) in [6.45, 7) is 4.52. The summed E-state index contributed by atoms with van der Waals surface area (Å²) in [6, 6.07) is 18.0. The van der Waals surface area contributed by atoms with E-state index in [2.05, 4.69) is 20.8 Å². The molecule has 1 atom stereocenters. The van der Waals surface area contributed by atoms with Crippen LogP contribution in [0.1, 0.15) is 37.6 Å². The fourth-order valence-corrected chi connectivity index (χ4v) is 5.38. The van der Waals surface area contributed by atoms with Crippen molar-refractivity contribution in [1.29, 1.82) is 0 Å². The largest absolute Gasteiger partial charge is 0.494 e. The molecule has 2 heterocycles. The molecule has 37 heavy (non-hydrogen) atoms. The van der Waals surface area contributed by atoms with Crippen LogP contribution >= 0.6 is 23.1 Å². The third-order valence-electron chi connectivity index (χ3n) is 4.98. The molecule has 0 saturated carbocycles. The number of nitrogens with one attached hydrogen (secondary N) is 2. The number of rotatable bonds is 11. The van der Waals surface area contributed by atoms with E-state index in [1.165, 1.54) is 18.0 Å². The lowest BCUT2D eigenvalue weighted by atomic mass is 10.0. The number of ether oxygens (including phenoxy) is 2. The van der Waals surface area contributed by atoms with Gasteiger partial charge in [0.25, 0.3) is 0 Å². The first-order chi connectivity index (χ1) is 18.0. The van der Waals surface area contributed by atoms with Gasteiger partial charge in [0.15, 0.2) is 9.43 Å². The first-order valence-electron chi connectivity index (χ1n) is 11.6. The number of furan rings is 1. The first-order valence-corrected chi connectivity index (χ1v) is 13.3. The highest BCUT2D eigenvalue weighted by atomic mass is 32.2. The molecular formula is C26H26N4O5S2. The second kappa shape index (κ2) is 12.9. The molecular weight excluding hydrogens is 512 g/mol. The molecule has 11 heteroatoms. The van der Waals surface area contributed by atoms with Gasteiger partial charge in [0, 0.05) is 0 Å². The van der Waals surface area contributed by atoms with E-state index >= 15 is 0 Å². The van der Waals surface area contributed by atoms with Gasteiger partial charge in [-0.1, -0.05) is 30.3 Å². The Hall–Kier alpha value is -3.83. The fourth-order valence-electron chi connectivity index (χ4n) is 3.38. The van der Waals surface area contributed by atoms with Crippen LogP contribution in [0.4, 0.5) is 4.79 Å². The predicted octanol–water partition coefficient (Wildman–Crippen LogP) is 5.77. The maximum Gasteiger partial charge on any atom is 0.407 e. The van der Waals surface area contributed by atoms with Gasteiger partial charge in [-0.05, 0) is 61.5 Å². The quantitative estimate of drug-likeness (QED) is 0.184. The molecule has 0 aliphatic carbocycles. The van der Waals surface area contributed by atoms with Gasteiger partial charge in [-0.15, -0.1) is 11.3 Å². The summed E-state index contributed by atoms with van der Waals surface area (Å²) in [5.74, 6) is 0.927. The number of amides is 2. The molecule has 0 fully saturated rings. The topological polar surface area (TPSA) is 115 Å². The zero-order valence-corrected chi connectivity index (χ0v) is 21.9. The van der Waals surface area contributed by atoms with Crippen molar-refractivity contribution in [1.82, 2.24) is 15.7 Å². The van der Waals surface area contributed by atoms with Gasteiger partial charge in [0.1, 0.15) is 11.5 Å². The normalized spacial score (nSPS) is 11.9. The minimum Gasteiger partial charge on any atom is -0.494 e. The Balaban J connectivity index is 1.33. The maximum atomic E-state index is 12.5. The van der Waals surface area contributed by atoms with Gasteiger partial charge in [-0.2, -0.15) is 5.10 Å². The number of hydrazone groups is 1. The monoisotopic (exact) mass is 538 g/mol. The summed E-state index contributed by atoms with van der Waals surface area (Å²) < 4.78 is 18.2. The van der Waals surface area contributed by atoms with Crippen molar-refractivity contribution in [2.24, 2.45) is 5.10 Å². The minimum atomic E-state index is -0.587. The van der Waals surface area contributed by atoms with Gasteiger partial charge < -0.3 is 19.2 Å². The lowest BCUT2D eigenvalue weighted by molar-refractivity contribution is -0.121. The molecule has 2 aromatic carbocycles. The number of carbonyl (C=O) groups excluding carboxylic acids is 2. The lowest BCUT2D eigenvalue weighted by Crippen LogP contribution is -2.33. The molecule has 0 aliphatic rings. The highest BCUT2D eigenvalue weighted by molar-refractivity contribution is 8.01. The second-order valence-electron chi connectivity index (χ2n) is 7.63. The molecule has 0 saturated heterocycles. The van der Waals surface area contributed by atoms with Crippen molar-refractivity contribution in [2.75, 3.05) is 13.2 Å². The third-order valence-corrected chi connectivity index (χ3v) is 6.98. The zero-order valence-electron chi connectivity index (χ0n) is 20.3. The Bertz CT molecular complexity index is 1370. The molecule has 192 valence electrons. The van der Waals surface area contributed by atoms with Crippen LogP contribution < -0.4 is 15.5 Å². The number of aromatic nitrogens is 1. The Morgan fingerprint density at radius 1 is 1.14 bits per heavy atom. The summed E-state index contributed by atoms with van der Waals surface area (Å²) in [7, 11) is 0. The summed E-state index contributed by atoms with van der Waals surface area (Å²) in [5, 5.41) is 7.35. The number of fused-ring (bicyclic) bond motifs is 1. The second-order valence-corrected chi connectivity index (χ2v) is 9.91. The number of carbonyl (C=O) groups is 2. The van der Waals surface area contributed by atoms with E-state index in [-0.39, 0.29) is 18.9 Å². The third kappa shape index (κ3) is 7.58. The summed E-state index contributed by atoms with van der Waals surface area (Å²) in [4.78, 5) is 29.0. The number of thiazole rings is 1. The summed E-state index contributed by atoms with van der Waals surface area (Å²) in [5.41, 5.74) is 4.16. The Morgan fingerprint density at radius 2 is 1.97 bits per heavy atom. The van der Waals surface area contributed by atoms with Crippen molar-refractivity contribution in [3.05, 3.63) is 72.0 Å². The van der Waals surface area contributed by atoms with E-state index < -0.39 is 12.1 Å². The number of hydrogen-bond donors (Lipinski definition) is 2. The SMILES string of the molecule is CCOC(=O)N[C@@H](CC(=O)N/N=C\c1ccc(Sc2nc3ccc(OCC)cc3s2)o1)c1ccccc1. The number of alkyl carbamates (subject to hydrolysis) is 1. The molecule has 0 bridgehead atoms. The van der Waals surface area contributed by atoms with Gasteiger partial charge in [-0.25, -0.2) is 15.2 Å². The number of benzene rings is 2. The van der Waals surface area contributed by atoms with Crippen molar-refractivity contribution in [2.45, 2.75) is 35.7 Å². The van der Waals surface area contributed by atoms with E-state index in [1.54, 1.807) is 24.3 Å². The summed E-state index contributed by atoms with van der Waals surface area (Å²) in [6.07, 6.45) is 0.823. The van der Waals surface area contributed by atoms with Crippen molar-refractivity contribution in [3.8, 4) is 5.75 Å². The van der Waals surface area contributed by atoms with E-state index in [4.69, 9.17) is 13.9 Å². The smallest absolute Gasteiger partial charge is 0.407 e. The predicted molar refractivity (Wildman–Crippen MR) is 143 cm³/mol. The Kier molecular flexibility index (Phi) is 9.17. The summed E-state index contributed by atoms with van der Waals surface area (Å²) >= 11 is 2.96. The van der Waals surface area contributed by atoms with Crippen LogP contribution in [0.25, 0.3) is 10.2 Å². The average Bonchev–Trinajstić information content (AvgIpc) is 3.50. The Labute approximate surface area is 222 Å². The first kappa shape index (κ1) is 26.2. The van der Waals surface area contributed by atoms with Crippen LogP contribution in [0.3, 0.4) is 0 Å². The molecule has 2 N–H and O–H groups in total. The van der Waals surface area contributed by atoms with Crippen molar-refractivity contribution in [3.63, 3.8) is 0 Å². The van der Waals surface area contributed by atoms with E-state index in [0.29, 0.717) is 17.5 Å². The van der Waals surface area contributed by atoms with Crippen LogP contribution in [0.5, 0.6) is 5.75 Å². The molecule has 0 aliphatic heterocycles. The maximum absolute atomic E-state index is 12.5. The molecule has 0 unspecified atom stereocenters.